The van der Waals surface area contributed by atoms with Gasteiger partial charge in [-0.1, -0.05) is 0 Å². The Labute approximate surface area is 414 Å². The SMILES string of the molecule is CNC(CCC(=O)NCNCOC1OC(CO)C(O)C(O)C1NC(C)=O)(CCC(=O)NCOCOC1OC(CO)C(O)C(O)C1NC(C)=O)CCC(=O)NCOCOC1OC(CO)C(O)C(O)C1NC(C)=O. The lowest BCUT2D eigenvalue weighted by atomic mass is 9.83. The molecular formula is C41H74N8O23. The van der Waals surface area contributed by atoms with Crippen molar-refractivity contribution in [2.45, 2.75) is 157 Å². The molecule has 6 amide bonds. The van der Waals surface area contributed by atoms with Crippen LogP contribution in [-0.2, 0) is 66.7 Å². The molecule has 3 aliphatic rings. The summed E-state index contributed by atoms with van der Waals surface area (Å²) in [5, 5.41) is 112. The molecule has 0 aromatic carbocycles. The predicted molar refractivity (Wildman–Crippen MR) is 238 cm³/mol. The summed E-state index contributed by atoms with van der Waals surface area (Å²) < 4.78 is 43.7. The number of carbonyl (C=O) groups excluding carboxylic acids is 6. The summed E-state index contributed by atoms with van der Waals surface area (Å²) in [7, 11) is 1.59. The van der Waals surface area contributed by atoms with Crippen LogP contribution in [0.3, 0.4) is 0 Å². The van der Waals surface area contributed by atoms with Crippen molar-refractivity contribution in [3.05, 3.63) is 0 Å². The zero-order chi connectivity index (χ0) is 53.5. The number of carbonyl (C=O) groups is 6. The van der Waals surface area contributed by atoms with Crippen LogP contribution in [0.2, 0.25) is 0 Å². The zero-order valence-electron chi connectivity index (χ0n) is 40.5. The van der Waals surface area contributed by atoms with Crippen molar-refractivity contribution >= 4 is 35.4 Å². The van der Waals surface area contributed by atoms with Gasteiger partial charge in [0.2, 0.25) is 35.4 Å². The topological polar surface area (TPSA) is 455 Å². The molecule has 3 heterocycles. The lowest BCUT2D eigenvalue weighted by Gasteiger charge is -2.42. The van der Waals surface area contributed by atoms with E-state index in [0.717, 1.165) is 0 Å². The molecule has 15 unspecified atom stereocenters. The van der Waals surface area contributed by atoms with Crippen LogP contribution in [0.5, 0.6) is 0 Å². The molecule has 31 nitrogen and oxygen atoms in total. The molecule has 0 aliphatic carbocycles. The van der Waals surface area contributed by atoms with Crippen LogP contribution in [0.1, 0.15) is 59.3 Å². The number of aliphatic hydroxyl groups is 9. The molecule has 3 aliphatic heterocycles. The average molecular weight is 1050 g/mol. The van der Waals surface area contributed by atoms with Gasteiger partial charge in [0.1, 0.15) is 93.3 Å². The number of hydrogen-bond donors (Lipinski definition) is 17. The summed E-state index contributed by atoms with van der Waals surface area (Å²) in [4.78, 5) is 74.2. The van der Waals surface area contributed by atoms with Gasteiger partial charge in [0.25, 0.3) is 0 Å². The lowest BCUT2D eigenvalue weighted by molar-refractivity contribution is -0.289. The van der Waals surface area contributed by atoms with Crippen molar-refractivity contribution in [1.29, 1.82) is 0 Å². The molecule has 3 rings (SSSR count). The molecule has 15 atom stereocenters. The fourth-order valence-electron chi connectivity index (χ4n) is 7.84. The minimum atomic E-state index is -1.55. The van der Waals surface area contributed by atoms with E-state index < -0.39 is 166 Å². The van der Waals surface area contributed by atoms with Crippen molar-refractivity contribution in [2.24, 2.45) is 0 Å². The highest BCUT2D eigenvalue weighted by Gasteiger charge is 2.48. The average Bonchev–Trinajstić information content (AvgIpc) is 3.34. The third kappa shape index (κ3) is 19.7. The molecule has 0 bridgehead atoms. The maximum atomic E-state index is 13.1. The first-order chi connectivity index (χ1) is 34.2. The molecule has 0 radical (unpaired) electrons. The van der Waals surface area contributed by atoms with Gasteiger partial charge in [0.05, 0.1) is 26.5 Å². The molecule has 17 N–H and O–H groups in total. The second-order valence-corrected chi connectivity index (χ2v) is 17.1. The van der Waals surface area contributed by atoms with Crippen LogP contribution < -0.4 is 42.5 Å². The van der Waals surface area contributed by atoms with Crippen LogP contribution >= 0.6 is 0 Å². The van der Waals surface area contributed by atoms with E-state index in [9.17, 15) is 74.7 Å². The standard InChI is InChI=1S/C41H74N8O23/c1-20(53)47-29-35(62)32(59)23(11-50)70-38(29)67-15-43-14-44-26(56)5-8-41(42-4,9-6-27(57)45-16-65-18-68-39-30(48-21(2)54)36(63)33(60)24(12-51)71-39)10-7-28(58)46-17-66-19-69-40-31(49-22(3)55)37(64)34(61)25(13-52)72-40/h23-25,29-40,42-43,50-52,59-64H,5-19H2,1-4H3,(H,44,56)(H,45,57)(H,46,58)(H,47,53)(H,48,54)(H,49,55). The van der Waals surface area contributed by atoms with Crippen molar-refractivity contribution in [1.82, 2.24) is 42.5 Å². The largest absolute Gasteiger partial charge is 0.394 e. The number of hydrogen-bond acceptors (Lipinski definition) is 25. The highest BCUT2D eigenvalue weighted by Crippen LogP contribution is 2.27. The van der Waals surface area contributed by atoms with Gasteiger partial charge in [-0.3, -0.25) is 34.1 Å². The van der Waals surface area contributed by atoms with E-state index in [1.807, 2.05) is 0 Å². The van der Waals surface area contributed by atoms with Crippen LogP contribution in [0.25, 0.3) is 0 Å². The van der Waals surface area contributed by atoms with Gasteiger partial charge >= 0.3 is 0 Å². The summed E-state index contributed by atoms with van der Waals surface area (Å²) in [5.41, 5.74) is -1.00. The second-order valence-electron chi connectivity index (χ2n) is 17.1. The number of rotatable bonds is 31. The maximum Gasteiger partial charge on any atom is 0.221 e. The summed E-state index contributed by atoms with van der Waals surface area (Å²) in [6.07, 6.45) is -16.9. The van der Waals surface area contributed by atoms with Gasteiger partial charge in [-0.15, -0.1) is 0 Å². The van der Waals surface area contributed by atoms with Crippen LogP contribution in [0, 0.1) is 0 Å². The second kappa shape index (κ2) is 31.7. The van der Waals surface area contributed by atoms with Crippen LogP contribution in [0.4, 0.5) is 0 Å². The van der Waals surface area contributed by atoms with Crippen molar-refractivity contribution in [2.75, 3.05) is 67.3 Å². The van der Waals surface area contributed by atoms with E-state index in [4.69, 9.17) is 37.9 Å². The quantitative estimate of drug-likeness (QED) is 0.0226. The number of ether oxygens (including phenoxy) is 8. The van der Waals surface area contributed by atoms with E-state index in [1.165, 1.54) is 20.8 Å². The van der Waals surface area contributed by atoms with Crippen molar-refractivity contribution in [3.63, 3.8) is 0 Å². The van der Waals surface area contributed by atoms with E-state index >= 15 is 0 Å². The maximum absolute atomic E-state index is 13.1. The van der Waals surface area contributed by atoms with Gasteiger partial charge < -0.3 is 121 Å². The van der Waals surface area contributed by atoms with E-state index in [0.29, 0.717) is 0 Å². The Hall–Kier alpha value is -3.94. The van der Waals surface area contributed by atoms with Gasteiger partial charge in [-0.2, -0.15) is 0 Å². The number of amides is 6. The highest BCUT2D eigenvalue weighted by molar-refractivity contribution is 5.77. The van der Waals surface area contributed by atoms with Crippen LogP contribution in [0.15, 0.2) is 0 Å². The van der Waals surface area contributed by atoms with Crippen LogP contribution in [-0.4, -0.2) is 246 Å². The normalized spacial score (nSPS) is 31.4. The molecule has 3 saturated heterocycles. The molecule has 3 fully saturated rings. The first-order valence-corrected chi connectivity index (χ1v) is 23.1. The Morgan fingerprint density at radius 3 is 1.14 bits per heavy atom. The van der Waals surface area contributed by atoms with E-state index in [2.05, 4.69) is 42.5 Å². The Morgan fingerprint density at radius 2 is 0.819 bits per heavy atom. The Kier molecular flexibility index (Phi) is 27.5. The fourth-order valence-corrected chi connectivity index (χ4v) is 7.84. The van der Waals surface area contributed by atoms with Gasteiger partial charge in [-0.05, 0) is 26.3 Å². The molecular weight excluding hydrogens is 972 g/mol. The van der Waals surface area contributed by atoms with Gasteiger partial charge in [0, 0.05) is 45.6 Å². The molecule has 0 aromatic heterocycles. The monoisotopic (exact) mass is 1050 g/mol. The molecule has 72 heavy (non-hydrogen) atoms. The minimum Gasteiger partial charge on any atom is -0.394 e. The minimum absolute atomic E-state index is 0.0956. The molecule has 0 saturated carbocycles. The number of aliphatic hydroxyl groups excluding tert-OH is 9. The van der Waals surface area contributed by atoms with Crippen molar-refractivity contribution in [3.8, 4) is 0 Å². The van der Waals surface area contributed by atoms with E-state index in [1.54, 1.807) is 7.05 Å². The fraction of sp³-hybridized carbons (Fsp3) is 0.854. The first-order valence-electron chi connectivity index (χ1n) is 23.1. The summed E-state index contributed by atoms with van der Waals surface area (Å²) in [6.45, 7) is -0.623. The Morgan fingerprint density at radius 1 is 0.486 bits per heavy atom. The Balaban J connectivity index is 1.55. The summed E-state index contributed by atoms with van der Waals surface area (Å²) in [6, 6.07) is -3.62. The summed E-state index contributed by atoms with van der Waals surface area (Å²) in [5.74, 6) is -3.12. The van der Waals surface area contributed by atoms with E-state index in [-0.39, 0.29) is 65.4 Å². The smallest absolute Gasteiger partial charge is 0.221 e. The van der Waals surface area contributed by atoms with Gasteiger partial charge in [0.15, 0.2) is 32.5 Å². The number of nitrogens with one attached hydrogen (secondary N) is 8. The van der Waals surface area contributed by atoms with Crippen molar-refractivity contribution < 1.29 is 113 Å². The zero-order valence-corrected chi connectivity index (χ0v) is 40.5. The third-order valence-electron chi connectivity index (χ3n) is 11.9. The first kappa shape index (κ1) is 62.4. The molecule has 0 spiro atoms. The summed E-state index contributed by atoms with van der Waals surface area (Å²) >= 11 is 0. The third-order valence-corrected chi connectivity index (χ3v) is 11.9. The Bertz CT molecular complexity index is 1510. The highest BCUT2D eigenvalue weighted by atomic mass is 16.8. The predicted octanol–water partition coefficient (Wildman–Crippen LogP) is -9.12. The molecule has 416 valence electrons. The molecule has 31 heteroatoms. The lowest BCUT2D eigenvalue weighted by Crippen LogP contribution is -2.64. The molecule has 0 aromatic rings. The van der Waals surface area contributed by atoms with Gasteiger partial charge in [-0.25, -0.2) is 0 Å².